The van der Waals surface area contributed by atoms with Crippen molar-refractivity contribution in [1.29, 1.82) is 0 Å². The Kier molecular flexibility index (Phi) is 4.32. The standard InChI is InChI=1S/C10H18N4O4S/c1-10(2,3)18-9(15)14-5-7(12-13-11)8(6-14)19(4,16)17/h7-8H,5-6H2,1-4H3/t7-,8-/m1/s1. The van der Waals surface area contributed by atoms with Crippen molar-refractivity contribution >= 4 is 15.9 Å². The fraction of sp³-hybridized carbons (Fsp3) is 0.900. The van der Waals surface area contributed by atoms with Crippen molar-refractivity contribution in [2.45, 2.75) is 37.7 Å². The third-order valence-electron chi connectivity index (χ3n) is 2.64. The normalized spacial score (nSPS) is 23.9. The fourth-order valence-electron chi connectivity index (χ4n) is 1.83. The number of hydrogen-bond donors (Lipinski definition) is 0. The van der Waals surface area contributed by atoms with Crippen molar-refractivity contribution in [2.75, 3.05) is 19.3 Å². The average Bonchev–Trinajstić information content (AvgIpc) is 2.59. The molecule has 0 aromatic heterocycles. The van der Waals surface area contributed by atoms with Crippen molar-refractivity contribution in [3.8, 4) is 0 Å². The van der Waals surface area contributed by atoms with E-state index in [0.717, 1.165) is 6.26 Å². The lowest BCUT2D eigenvalue weighted by Crippen LogP contribution is -2.36. The van der Waals surface area contributed by atoms with E-state index in [2.05, 4.69) is 10.0 Å². The highest BCUT2D eigenvalue weighted by Gasteiger charge is 2.41. The third kappa shape index (κ3) is 4.29. The SMILES string of the molecule is CC(C)(C)OC(=O)N1C[C@@H](S(C)(=O)=O)[C@H](N=[N+]=[N-])C1. The molecule has 0 radical (unpaired) electrons. The molecular formula is C10H18N4O4S. The Balaban J connectivity index is 2.87. The average molecular weight is 290 g/mol. The van der Waals surface area contributed by atoms with E-state index in [1.54, 1.807) is 20.8 Å². The molecule has 19 heavy (non-hydrogen) atoms. The Morgan fingerprint density at radius 2 is 2.00 bits per heavy atom. The highest BCUT2D eigenvalue weighted by Crippen LogP contribution is 2.22. The molecule has 1 aliphatic heterocycles. The Morgan fingerprint density at radius 3 is 2.42 bits per heavy atom. The molecule has 0 aliphatic carbocycles. The summed E-state index contributed by atoms with van der Waals surface area (Å²) in [6, 6.07) is -0.771. The molecule has 1 heterocycles. The molecule has 0 N–H and O–H groups in total. The van der Waals surface area contributed by atoms with Crippen molar-refractivity contribution in [2.24, 2.45) is 5.11 Å². The first-order valence-corrected chi connectivity index (χ1v) is 7.71. The van der Waals surface area contributed by atoms with Crippen LogP contribution in [0.2, 0.25) is 0 Å². The molecule has 0 saturated carbocycles. The third-order valence-corrected chi connectivity index (χ3v) is 4.20. The zero-order valence-corrected chi connectivity index (χ0v) is 12.2. The van der Waals surface area contributed by atoms with Crippen LogP contribution in [0.5, 0.6) is 0 Å². The summed E-state index contributed by atoms with van der Waals surface area (Å²) in [6.07, 6.45) is 0.465. The van der Waals surface area contributed by atoms with E-state index in [4.69, 9.17) is 10.3 Å². The highest BCUT2D eigenvalue weighted by atomic mass is 32.2. The molecule has 1 rings (SSSR count). The lowest BCUT2D eigenvalue weighted by atomic mass is 10.2. The molecule has 0 unspecified atom stereocenters. The van der Waals surface area contributed by atoms with Gasteiger partial charge in [0.2, 0.25) is 0 Å². The molecule has 108 valence electrons. The molecule has 1 amide bonds. The van der Waals surface area contributed by atoms with Crippen LogP contribution in [-0.2, 0) is 14.6 Å². The van der Waals surface area contributed by atoms with Gasteiger partial charge in [0.05, 0.1) is 11.3 Å². The van der Waals surface area contributed by atoms with Gasteiger partial charge in [-0.05, 0) is 26.3 Å². The molecule has 0 bridgehead atoms. The smallest absolute Gasteiger partial charge is 0.410 e. The fourth-order valence-corrected chi connectivity index (χ4v) is 2.99. The molecule has 1 saturated heterocycles. The minimum Gasteiger partial charge on any atom is -0.444 e. The second-order valence-electron chi connectivity index (χ2n) is 5.53. The summed E-state index contributed by atoms with van der Waals surface area (Å²) in [5, 5.41) is 2.57. The van der Waals surface area contributed by atoms with Gasteiger partial charge in [-0.2, -0.15) is 0 Å². The number of carbonyl (C=O) groups is 1. The van der Waals surface area contributed by atoms with E-state index in [9.17, 15) is 13.2 Å². The molecule has 8 nitrogen and oxygen atoms in total. The quantitative estimate of drug-likeness (QED) is 0.433. The number of likely N-dealkylation sites (tertiary alicyclic amines) is 1. The van der Waals surface area contributed by atoms with Crippen LogP contribution in [0.15, 0.2) is 5.11 Å². The van der Waals surface area contributed by atoms with Crippen LogP contribution in [0.1, 0.15) is 20.8 Å². The van der Waals surface area contributed by atoms with Gasteiger partial charge in [0.1, 0.15) is 5.60 Å². The predicted octanol–water partition coefficient (Wildman–Crippen LogP) is 1.33. The molecule has 0 spiro atoms. The lowest BCUT2D eigenvalue weighted by Gasteiger charge is -2.24. The number of azide groups is 1. The van der Waals surface area contributed by atoms with Gasteiger partial charge in [0.25, 0.3) is 0 Å². The highest BCUT2D eigenvalue weighted by molar-refractivity contribution is 7.91. The molecular weight excluding hydrogens is 272 g/mol. The zero-order valence-electron chi connectivity index (χ0n) is 11.4. The zero-order chi connectivity index (χ0) is 14.8. The van der Waals surface area contributed by atoms with E-state index in [1.165, 1.54) is 4.90 Å². The summed E-state index contributed by atoms with van der Waals surface area (Å²) in [5.41, 5.74) is 7.79. The van der Waals surface area contributed by atoms with Crippen LogP contribution in [0.4, 0.5) is 4.79 Å². The van der Waals surface area contributed by atoms with Gasteiger partial charge in [0, 0.05) is 24.3 Å². The van der Waals surface area contributed by atoms with E-state index >= 15 is 0 Å². The van der Waals surface area contributed by atoms with Crippen LogP contribution in [0.3, 0.4) is 0 Å². The molecule has 1 fully saturated rings. The number of hydrogen-bond acceptors (Lipinski definition) is 5. The van der Waals surface area contributed by atoms with Crippen LogP contribution in [-0.4, -0.2) is 55.6 Å². The number of sulfone groups is 1. The van der Waals surface area contributed by atoms with Crippen molar-refractivity contribution in [3.05, 3.63) is 10.4 Å². The van der Waals surface area contributed by atoms with Gasteiger partial charge < -0.3 is 9.64 Å². The summed E-state index contributed by atoms with van der Waals surface area (Å²) < 4.78 is 28.4. The minimum atomic E-state index is -3.40. The number of nitrogens with zero attached hydrogens (tertiary/aromatic N) is 4. The number of carbonyl (C=O) groups excluding carboxylic acids is 1. The Bertz CT molecular complexity index is 504. The second kappa shape index (κ2) is 5.26. The topological polar surface area (TPSA) is 112 Å². The largest absolute Gasteiger partial charge is 0.444 e. The number of rotatable bonds is 2. The summed E-state index contributed by atoms with van der Waals surface area (Å²) >= 11 is 0. The van der Waals surface area contributed by atoms with Gasteiger partial charge in [-0.15, -0.1) is 0 Å². The summed E-state index contributed by atoms with van der Waals surface area (Å²) in [4.78, 5) is 15.7. The Labute approximate surface area is 112 Å². The molecule has 9 heteroatoms. The first kappa shape index (κ1) is 15.6. The lowest BCUT2D eigenvalue weighted by molar-refractivity contribution is 0.0293. The van der Waals surface area contributed by atoms with Crippen LogP contribution in [0.25, 0.3) is 10.4 Å². The molecule has 1 aliphatic rings. The van der Waals surface area contributed by atoms with Crippen LogP contribution >= 0.6 is 0 Å². The summed E-state index contributed by atoms with van der Waals surface area (Å²) in [5.74, 6) is 0. The van der Waals surface area contributed by atoms with Crippen LogP contribution < -0.4 is 0 Å². The second-order valence-corrected chi connectivity index (χ2v) is 7.79. The summed E-state index contributed by atoms with van der Waals surface area (Å²) in [6.45, 7) is 5.20. The molecule has 0 aromatic carbocycles. The maximum atomic E-state index is 11.9. The van der Waals surface area contributed by atoms with Crippen molar-refractivity contribution in [1.82, 2.24) is 4.90 Å². The monoisotopic (exact) mass is 290 g/mol. The van der Waals surface area contributed by atoms with Gasteiger partial charge in [0.15, 0.2) is 9.84 Å². The van der Waals surface area contributed by atoms with Crippen molar-refractivity contribution in [3.63, 3.8) is 0 Å². The van der Waals surface area contributed by atoms with Crippen molar-refractivity contribution < 1.29 is 17.9 Å². The first-order valence-electron chi connectivity index (χ1n) is 5.75. The minimum absolute atomic E-state index is 0.0164. The first-order chi connectivity index (χ1) is 8.54. The van der Waals surface area contributed by atoms with Crippen LogP contribution in [0, 0.1) is 0 Å². The molecule has 2 atom stereocenters. The summed E-state index contributed by atoms with van der Waals surface area (Å²) in [7, 11) is -3.40. The maximum Gasteiger partial charge on any atom is 0.410 e. The van der Waals surface area contributed by atoms with Gasteiger partial charge >= 0.3 is 6.09 Å². The Morgan fingerprint density at radius 1 is 1.42 bits per heavy atom. The number of ether oxygens (including phenoxy) is 1. The van der Waals surface area contributed by atoms with Gasteiger partial charge in [-0.1, -0.05) is 5.11 Å². The van der Waals surface area contributed by atoms with E-state index in [0.29, 0.717) is 0 Å². The predicted molar refractivity (Wildman–Crippen MR) is 69.4 cm³/mol. The van der Waals surface area contributed by atoms with E-state index < -0.39 is 32.8 Å². The van der Waals surface area contributed by atoms with E-state index in [1.807, 2.05) is 0 Å². The molecule has 0 aromatic rings. The maximum absolute atomic E-state index is 11.9. The number of amides is 1. The van der Waals surface area contributed by atoms with E-state index in [-0.39, 0.29) is 13.1 Å². The Hall–Kier alpha value is -1.47. The van der Waals surface area contributed by atoms with Gasteiger partial charge in [-0.3, -0.25) is 0 Å². The van der Waals surface area contributed by atoms with Gasteiger partial charge in [-0.25, -0.2) is 13.2 Å².